The third-order valence-corrected chi connectivity index (χ3v) is 25.3. The van der Waals surface area contributed by atoms with Crippen molar-refractivity contribution < 1.29 is 271 Å². The number of aliphatic hydroxyl groups is 28. The molecule has 0 aromatic carbocycles. The van der Waals surface area contributed by atoms with Gasteiger partial charge in [-0.15, -0.1) is 0 Å². The lowest BCUT2D eigenvalue weighted by Gasteiger charge is -2.51. The van der Waals surface area contributed by atoms with Gasteiger partial charge in [0.25, 0.3) is 0 Å². The van der Waals surface area contributed by atoms with Crippen LogP contribution in [0.5, 0.6) is 0 Å². The van der Waals surface area contributed by atoms with Gasteiger partial charge in [0.15, 0.2) is 69.2 Å². The predicted octanol–water partition coefficient (Wildman–Crippen LogP) is -23.1. The number of hydrogen-bond donors (Lipinski definition) is 34. The van der Waals surface area contributed by atoms with E-state index in [-0.39, 0.29) is 0 Å². The zero-order valence-electron chi connectivity index (χ0n) is 75.4. The first-order valence-electron chi connectivity index (χ1n) is 44.5. The summed E-state index contributed by atoms with van der Waals surface area (Å²) in [6, 6.07) is -11.4. The van der Waals surface area contributed by atoms with Crippen LogP contribution in [0.1, 0.15) is 48.5 Å². The summed E-state index contributed by atoms with van der Waals surface area (Å²) >= 11 is 0. The Labute approximate surface area is 788 Å². The van der Waals surface area contributed by atoms with E-state index in [0.717, 1.165) is 41.5 Å². The molecule has 802 valence electrons. The van der Waals surface area contributed by atoms with Crippen molar-refractivity contribution in [2.75, 3.05) is 66.1 Å². The van der Waals surface area contributed by atoms with Crippen molar-refractivity contribution >= 4 is 35.4 Å². The summed E-state index contributed by atoms with van der Waals surface area (Å²) in [5, 5.41) is 333. The van der Waals surface area contributed by atoms with Crippen LogP contribution in [0.15, 0.2) is 0 Å². The normalized spacial score (nSPS) is 48.3. The number of aliphatic hydroxyl groups excluding tert-OH is 28. The Morgan fingerprint density at radius 2 is 0.446 bits per heavy atom. The van der Waals surface area contributed by atoms with Crippen molar-refractivity contribution in [3.8, 4) is 0 Å². The number of ether oxygens (including phenoxy) is 21. The van der Waals surface area contributed by atoms with Gasteiger partial charge in [-0.25, -0.2) is 0 Å². The molecule has 6 amide bonds. The second-order valence-corrected chi connectivity index (χ2v) is 35.3. The third-order valence-electron chi connectivity index (χ3n) is 25.3. The van der Waals surface area contributed by atoms with Crippen LogP contribution >= 0.6 is 0 Å². The molecule has 34 N–H and O–H groups in total. The Hall–Kier alpha value is -5.14. The fraction of sp³-hybridized carbons (Fsp3) is 0.923. The van der Waals surface area contributed by atoms with Crippen molar-refractivity contribution in [2.24, 2.45) is 0 Å². The van der Waals surface area contributed by atoms with Crippen molar-refractivity contribution in [3.63, 3.8) is 0 Å². The largest absolute Gasteiger partial charge is 0.394 e. The molecule has 0 spiro atoms. The summed E-state index contributed by atoms with van der Waals surface area (Å²) in [6.07, 6.45) is -105. The van der Waals surface area contributed by atoms with Gasteiger partial charge in [-0.1, -0.05) is 0 Å². The maximum atomic E-state index is 13.2. The Morgan fingerprint density at radius 1 is 0.201 bits per heavy atom. The van der Waals surface area contributed by atoms with Gasteiger partial charge in [0.2, 0.25) is 35.4 Å². The Bertz CT molecular complexity index is 3900. The number of carbonyl (C=O) groups is 6. The maximum Gasteiger partial charge on any atom is 0.217 e. The minimum atomic E-state index is -2.72. The average Bonchev–Trinajstić information content (AvgIpc) is 0.766. The second-order valence-electron chi connectivity index (χ2n) is 35.3. The van der Waals surface area contributed by atoms with Crippen molar-refractivity contribution in [2.45, 2.75) is 386 Å². The summed E-state index contributed by atoms with van der Waals surface area (Å²) in [6.45, 7) is -4.79. The van der Waals surface area contributed by atoms with E-state index in [1.807, 2.05) is 0 Å². The van der Waals surface area contributed by atoms with E-state index in [0.29, 0.717) is 0 Å². The zero-order valence-corrected chi connectivity index (χ0v) is 75.4. The summed E-state index contributed by atoms with van der Waals surface area (Å²) in [5.74, 6) is -5.61. The maximum absolute atomic E-state index is 13.2. The first-order chi connectivity index (χ1) is 65.7. The smallest absolute Gasteiger partial charge is 0.217 e. The highest BCUT2D eigenvalue weighted by Gasteiger charge is 2.63. The van der Waals surface area contributed by atoms with Crippen molar-refractivity contribution in [3.05, 3.63) is 0 Å². The van der Waals surface area contributed by atoms with E-state index in [1.165, 1.54) is 6.92 Å². The van der Waals surface area contributed by atoms with Gasteiger partial charge in [0, 0.05) is 41.5 Å². The Balaban J connectivity index is 0.970. The molecule has 0 bridgehead atoms. The first-order valence-corrected chi connectivity index (χ1v) is 44.5. The zero-order chi connectivity index (χ0) is 102. The number of amides is 6. The van der Waals surface area contributed by atoms with Crippen LogP contribution in [0.3, 0.4) is 0 Å². The van der Waals surface area contributed by atoms with Gasteiger partial charge in [-0.2, -0.15) is 0 Å². The highest BCUT2D eigenvalue weighted by atomic mass is 16.8. The molecule has 0 aromatic heterocycles. The van der Waals surface area contributed by atoms with Crippen LogP contribution in [0.2, 0.25) is 0 Å². The van der Waals surface area contributed by atoms with Gasteiger partial charge in [-0.05, 0) is 6.92 Å². The van der Waals surface area contributed by atoms with E-state index in [9.17, 15) is 172 Å². The Kier molecular flexibility index (Phi) is 41.1. The van der Waals surface area contributed by atoms with Gasteiger partial charge in [0.05, 0.1) is 72.2 Å². The molecular formula is C78H130N6O55. The molecule has 0 unspecified atom stereocenters. The molecule has 11 aliphatic heterocycles. The van der Waals surface area contributed by atoms with E-state index < -0.39 is 439 Å². The van der Waals surface area contributed by atoms with Gasteiger partial charge < -0.3 is 274 Å². The molecule has 11 fully saturated rings. The van der Waals surface area contributed by atoms with Crippen molar-refractivity contribution in [1.29, 1.82) is 0 Å². The molecule has 11 heterocycles. The van der Waals surface area contributed by atoms with Gasteiger partial charge in [0.1, 0.15) is 262 Å². The molecule has 11 saturated heterocycles. The predicted molar refractivity (Wildman–Crippen MR) is 430 cm³/mol. The molecule has 61 nitrogen and oxygen atoms in total. The molecule has 11 rings (SSSR count). The lowest BCUT2D eigenvalue weighted by atomic mass is 9.93. The summed E-state index contributed by atoms with van der Waals surface area (Å²) in [7, 11) is 0. The fourth-order valence-corrected chi connectivity index (χ4v) is 18.1. The highest BCUT2D eigenvalue weighted by molar-refractivity contribution is 5.75. The summed E-state index contributed by atoms with van der Waals surface area (Å²) < 4.78 is 127. The fourth-order valence-electron chi connectivity index (χ4n) is 18.1. The van der Waals surface area contributed by atoms with E-state index in [4.69, 9.17) is 99.5 Å². The molecule has 0 aromatic rings. The first kappa shape index (κ1) is 114. The van der Waals surface area contributed by atoms with Crippen LogP contribution in [0.25, 0.3) is 0 Å². The molecular weight excluding hydrogens is 1900 g/mol. The van der Waals surface area contributed by atoms with Gasteiger partial charge >= 0.3 is 0 Å². The quantitative estimate of drug-likeness (QED) is 0.0277. The standard InChI is InChI=1S/C78H130N6O55/c1-18-41(99)54(112)57(115)74(121-18)139-66-55(113)45(103)28(11-88)126-77(66)135-62-30(13-90)127-69(39(52(62)110)83-23(6)97)119-16-33-46(104)56(114)65(137-71-37(81-21(4)95)49(107)43(101)26(9-86)124-71)76(131-33)120-17-34-47(105)64(59(117)75(130-34)134-61-31(14-91)128-73(40(53(61)111)84-24(7)98)132-60-29(12-89)122-68(118)35(51(60)109)79-19(2)93)136-78-67(138-72-38(82-22(5)96)50(108)44(102)27(10-87)125-72)58(116)63(32(15-92)129-78)133-70-36(80-20(3)94)48(106)42(100)25(8-85)123-70/h18,25-78,85-92,99-118H,8-17H2,1-7H3,(H,79,93)(H,80,94)(H,81,95)(H,82,96)(H,83,97)(H,84,98)/t18-,25+,26+,27+,28+,29+,30+,31+,32+,33+,34+,35+,36+,37+,38+,39+,40+,41+,42+,43+,44+,45-,46+,47+,48+,49+,50+,51+,52+,53+,54+,55-,56-,57-,58-,59-,60+,61+,62+,63+,64-,65-,66+,67-,68+,69+,70-,71-,72-,73-,74-,75-,76-,77-,78+/m0/s1. The third kappa shape index (κ3) is 25.8. The van der Waals surface area contributed by atoms with Crippen LogP contribution < -0.4 is 31.9 Å². The number of carbonyl (C=O) groups excluding carboxylic acids is 6. The average molecular weight is 2030 g/mol. The van der Waals surface area contributed by atoms with Crippen LogP contribution in [0, 0.1) is 0 Å². The molecule has 0 saturated carbocycles. The highest BCUT2D eigenvalue weighted by Crippen LogP contribution is 2.42. The molecule has 0 aliphatic carbocycles. The van der Waals surface area contributed by atoms with E-state index >= 15 is 0 Å². The lowest BCUT2D eigenvalue weighted by molar-refractivity contribution is -0.403. The molecule has 55 atom stereocenters. The molecule has 0 radical (unpaired) electrons. The summed E-state index contributed by atoms with van der Waals surface area (Å²) in [5.41, 5.74) is 0. The minimum absolute atomic E-state index is 0.826. The SMILES string of the molecule is CC(=O)N[C@@H]1[C@@H](O)[C@H](O[C@@H]2O[C@H](CO)[C@@H](O[C@@H]3O[C@H](CO[C@H]4O[C@H](CO[C@@H]5O[C@H](CO)[C@@H](O[C@@H]6O[C@H](CO)[C@H](O)[C@H](O)[C@H]6O[C@@H]6O[C@@H](C)[C@@H](O)[C@@H](O)[C@@H]6O)[C@H](O)[C@H]5NC(C)=O)[C@@H](O)[C@H](O)[C@@H]4O[C@@H]4O[C@H](CO)[C@@H](O)[C@H](O)[C@H]4NC(C)=O)[C@@H](O)[C@H](O[C@H]4O[C@H](CO)[C@@H](O[C@@H]5O[C@H](CO)[C@@H](O)[C@H](O)[C@H]5NC(C)=O)[C@H](O)[C@@H]4O[C@@H]4O[C@H](CO)[C@@H](O)[C@H](O)[C@H]4NC(C)=O)[C@@H]3O)[C@H](O)[C@H]2NC(C)=O)[C@@H](CO)O[C@H]1O. The number of nitrogens with one attached hydrogen (secondary N) is 6. The summed E-state index contributed by atoms with van der Waals surface area (Å²) in [4.78, 5) is 77.3. The van der Waals surface area contributed by atoms with Gasteiger partial charge in [-0.3, -0.25) is 28.8 Å². The van der Waals surface area contributed by atoms with Crippen LogP contribution in [0.4, 0.5) is 0 Å². The van der Waals surface area contributed by atoms with E-state index in [1.54, 1.807) is 0 Å². The van der Waals surface area contributed by atoms with Crippen molar-refractivity contribution in [1.82, 2.24) is 31.9 Å². The molecule has 11 aliphatic rings. The number of hydrogen-bond acceptors (Lipinski definition) is 55. The van der Waals surface area contributed by atoms with E-state index in [2.05, 4.69) is 31.9 Å². The monoisotopic (exact) mass is 2030 g/mol. The van der Waals surface area contributed by atoms with Crippen LogP contribution in [-0.4, -0.2) is 582 Å². The number of rotatable bonds is 36. The second kappa shape index (κ2) is 50.0. The van der Waals surface area contributed by atoms with Crippen LogP contribution in [-0.2, 0) is 128 Å². The molecule has 61 heteroatoms. The lowest BCUT2D eigenvalue weighted by Crippen LogP contribution is -2.71. The Morgan fingerprint density at radius 3 is 0.849 bits per heavy atom. The minimum Gasteiger partial charge on any atom is -0.394 e. The topological polar surface area (TPSA) is 935 Å². The molecule has 139 heavy (non-hydrogen) atoms.